The quantitative estimate of drug-likeness (QED) is 0.849. The number of aromatic nitrogens is 2. The first-order valence-electron chi connectivity index (χ1n) is 7.48. The molecule has 2 unspecified atom stereocenters. The lowest BCUT2D eigenvalue weighted by molar-refractivity contribution is 0.246. The first-order valence-corrected chi connectivity index (χ1v) is 8.31. The molecule has 1 aromatic heterocycles. The van der Waals surface area contributed by atoms with E-state index < -0.39 is 17.5 Å². The lowest BCUT2D eigenvalue weighted by Gasteiger charge is -2.28. The molecule has 3 rings (SSSR count). The number of likely N-dealkylation sites (N-methyl/N-ethyl adjacent to an activating group) is 1. The van der Waals surface area contributed by atoms with Crippen molar-refractivity contribution < 1.29 is 13.2 Å². The first-order chi connectivity index (χ1) is 11.1. The highest BCUT2D eigenvalue weighted by atomic mass is 32.1. The average Bonchev–Trinajstić information content (AvgIpc) is 3.18. The molecule has 4 nitrogen and oxygen atoms in total. The number of likely N-dealkylation sites (tertiary alicyclic amines) is 1. The van der Waals surface area contributed by atoms with E-state index in [0.29, 0.717) is 12.1 Å². The predicted octanol–water partition coefficient (Wildman–Crippen LogP) is 2.88. The number of nitrogens with one attached hydrogen (secondary N) is 1. The third kappa shape index (κ3) is 3.39. The summed E-state index contributed by atoms with van der Waals surface area (Å²) >= 11 is 1.28. The van der Waals surface area contributed by atoms with Crippen LogP contribution in [-0.2, 0) is 6.54 Å². The van der Waals surface area contributed by atoms with Crippen LogP contribution in [0, 0.1) is 17.5 Å². The van der Waals surface area contributed by atoms with Crippen LogP contribution in [0.3, 0.4) is 0 Å². The van der Waals surface area contributed by atoms with Crippen LogP contribution < -0.4 is 5.32 Å². The van der Waals surface area contributed by atoms with Gasteiger partial charge in [0.25, 0.3) is 0 Å². The predicted molar refractivity (Wildman–Crippen MR) is 81.5 cm³/mol. The fourth-order valence-corrected chi connectivity index (χ4v) is 3.56. The number of rotatable bonds is 5. The van der Waals surface area contributed by atoms with Gasteiger partial charge in [-0.3, -0.25) is 4.90 Å². The molecule has 0 bridgehead atoms. The molecule has 1 aliphatic heterocycles. The van der Waals surface area contributed by atoms with E-state index in [0.717, 1.165) is 37.3 Å². The van der Waals surface area contributed by atoms with E-state index in [2.05, 4.69) is 19.8 Å². The molecule has 1 saturated heterocycles. The summed E-state index contributed by atoms with van der Waals surface area (Å²) in [6, 6.07) is 2.00. The molecule has 0 saturated carbocycles. The third-order valence-corrected chi connectivity index (χ3v) is 4.76. The summed E-state index contributed by atoms with van der Waals surface area (Å²) in [6.07, 6.45) is 0.844. The van der Waals surface area contributed by atoms with Gasteiger partial charge in [-0.2, -0.15) is 0 Å². The van der Waals surface area contributed by atoms with Gasteiger partial charge in [-0.25, -0.2) is 13.2 Å². The molecule has 2 atom stereocenters. The van der Waals surface area contributed by atoms with Gasteiger partial charge in [0, 0.05) is 24.5 Å². The summed E-state index contributed by atoms with van der Waals surface area (Å²) in [6.45, 7) is 4.10. The molecule has 0 aliphatic carbocycles. The molecule has 0 radical (unpaired) electrons. The molecular weight excluding hydrogens is 325 g/mol. The molecular formula is C15H17F3N4S. The number of hydrogen-bond acceptors (Lipinski definition) is 5. The van der Waals surface area contributed by atoms with Gasteiger partial charge in [0.05, 0.1) is 11.7 Å². The van der Waals surface area contributed by atoms with Crippen molar-refractivity contribution in [1.29, 1.82) is 0 Å². The Morgan fingerprint density at radius 1 is 1.30 bits per heavy atom. The average molecular weight is 342 g/mol. The molecule has 8 heteroatoms. The van der Waals surface area contributed by atoms with E-state index in [-0.39, 0.29) is 12.1 Å². The van der Waals surface area contributed by atoms with Crippen LogP contribution in [0.15, 0.2) is 17.5 Å². The van der Waals surface area contributed by atoms with Crippen molar-refractivity contribution in [2.45, 2.75) is 32.0 Å². The maximum absolute atomic E-state index is 13.6. The van der Waals surface area contributed by atoms with E-state index in [1.165, 1.54) is 11.5 Å². The highest BCUT2D eigenvalue weighted by Gasteiger charge is 2.35. The Balaban J connectivity index is 1.82. The molecule has 2 aromatic rings. The van der Waals surface area contributed by atoms with Crippen molar-refractivity contribution in [2.75, 3.05) is 13.1 Å². The van der Waals surface area contributed by atoms with Crippen LogP contribution in [0.4, 0.5) is 13.2 Å². The highest BCUT2D eigenvalue weighted by Crippen LogP contribution is 2.33. The van der Waals surface area contributed by atoms with Gasteiger partial charge in [-0.1, -0.05) is 11.4 Å². The van der Waals surface area contributed by atoms with Crippen LogP contribution in [-0.4, -0.2) is 33.6 Å². The summed E-state index contributed by atoms with van der Waals surface area (Å²) < 4.78 is 44.2. The fourth-order valence-electron chi connectivity index (χ4n) is 3.11. The normalized spacial score (nSPS) is 21.9. The Labute approximate surface area is 136 Å². The van der Waals surface area contributed by atoms with Gasteiger partial charge in [-0.15, -0.1) is 5.10 Å². The Morgan fingerprint density at radius 2 is 2.04 bits per heavy atom. The zero-order valence-corrected chi connectivity index (χ0v) is 13.4. The van der Waals surface area contributed by atoms with Crippen LogP contribution >= 0.6 is 11.5 Å². The third-order valence-electron chi connectivity index (χ3n) is 4.21. The van der Waals surface area contributed by atoms with Crippen molar-refractivity contribution in [3.63, 3.8) is 0 Å². The molecule has 1 N–H and O–H groups in total. The summed E-state index contributed by atoms with van der Waals surface area (Å²) in [5.41, 5.74) is 1.29. The Hall–Kier alpha value is -1.51. The summed E-state index contributed by atoms with van der Waals surface area (Å²) in [4.78, 5) is 2.13. The Morgan fingerprint density at radius 3 is 2.65 bits per heavy atom. The second kappa shape index (κ2) is 6.94. The van der Waals surface area contributed by atoms with Crippen molar-refractivity contribution in [3.05, 3.63) is 46.2 Å². The first kappa shape index (κ1) is 16.4. The monoisotopic (exact) mass is 342 g/mol. The minimum absolute atomic E-state index is 0.0147. The zero-order valence-electron chi connectivity index (χ0n) is 12.6. The Kier molecular flexibility index (Phi) is 4.93. The molecule has 1 fully saturated rings. The summed E-state index contributed by atoms with van der Waals surface area (Å²) in [5, 5.41) is 9.20. The number of benzene rings is 1. The van der Waals surface area contributed by atoms with Gasteiger partial charge < -0.3 is 5.32 Å². The van der Waals surface area contributed by atoms with Crippen molar-refractivity contribution >= 4 is 11.5 Å². The zero-order chi connectivity index (χ0) is 16.4. The topological polar surface area (TPSA) is 41.0 Å². The largest absolute Gasteiger partial charge is 0.306 e. The maximum Gasteiger partial charge on any atom is 0.194 e. The second-order valence-electron chi connectivity index (χ2n) is 5.54. The van der Waals surface area contributed by atoms with E-state index >= 15 is 0 Å². The molecule has 2 heterocycles. The van der Waals surface area contributed by atoms with E-state index in [1.54, 1.807) is 0 Å². The maximum atomic E-state index is 13.6. The lowest BCUT2D eigenvalue weighted by atomic mass is 9.99. The number of halogens is 3. The smallest absolute Gasteiger partial charge is 0.194 e. The lowest BCUT2D eigenvalue weighted by Crippen LogP contribution is -2.36. The van der Waals surface area contributed by atoms with E-state index in [4.69, 9.17) is 0 Å². The summed E-state index contributed by atoms with van der Waals surface area (Å²) in [5.74, 6) is -3.72. The number of hydrogen-bond donors (Lipinski definition) is 1. The fraction of sp³-hybridized carbons (Fsp3) is 0.467. The van der Waals surface area contributed by atoms with Crippen LogP contribution in [0.25, 0.3) is 0 Å². The number of nitrogens with zero attached hydrogens (tertiary/aromatic N) is 3. The molecule has 1 aromatic carbocycles. The molecule has 124 valence electrons. The SMILES string of the molecule is CCN1CCC(NCc2csnn2)C1c1cc(F)c(F)c(F)c1. The van der Waals surface area contributed by atoms with Crippen LogP contribution in [0.1, 0.15) is 30.6 Å². The molecule has 0 amide bonds. The molecule has 1 aliphatic rings. The summed E-state index contributed by atoms with van der Waals surface area (Å²) in [7, 11) is 0. The van der Waals surface area contributed by atoms with E-state index in [1.807, 2.05) is 12.3 Å². The van der Waals surface area contributed by atoms with Crippen LogP contribution in [0.2, 0.25) is 0 Å². The minimum atomic E-state index is -1.42. The standard InChI is InChI=1S/C15H17F3N4S/c1-2-22-4-3-13(19-7-10-8-23-21-20-10)15(22)9-5-11(16)14(18)12(17)6-9/h5-6,8,13,15,19H,2-4,7H2,1H3. The second-order valence-corrected chi connectivity index (χ2v) is 6.15. The van der Waals surface area contributed by atoms with Crippen molar-refractivity contribution in [2.24, 2.45) is 0 Å². The Bertz CT molecular complexity index is 642. The van der Waals surface area contributed by atoms with Gasteiger partial charge in [-0.05, 0) is 42.2 Å². The van der Waals surface area contributed by atoms with E-state index in [9.17, 15) is 13.2 Å². The highest BCUT2D eigenvalue weighted by molar-refractivity contribution is 7.03. The van der Waals surface area contributed by atoms with Gasteiger partial charge in [0.15, 0.2) is 17.5 Å². The van der Waals surface area contributed by atoms with Gasteiger partial charge in [0.2, 0.25) is 0 Å². The molecule has 0 spiro atoms. The van der Waals surface area contributed by atoms with Crippen LogP contribution in [0.5, 0.6) is 0 Å². The van der Waals surface area contributed by atoms with Crippen molar-refractivity contribution in [1.82, 2.24) is 19.8 Å². The minimum Gasteiger partial charge on any atom is -0.306 e. The van der Waals surface area contributed by atoms with Gasteiger partial charge >= 0.3 is 0 Å². The molecule has 23 heavy (non-hydrogen) atoms. The van der Waals surface area contributed by atoms with Gasteiger partial charge in [0.1, 0.15) is 0 Å². The van der Waals surface area contributed by atoms with Crippen molar-refractivity contribution in [3.8, 4) is 0 Å².